The van der Waals surface area contributed by atoms with Crippen molar-refractivity contribution in [3.63, 3.8) is 0 Å². The molecule has 0 atom stereocenters. The summed E-state index contributed by atoms with van der Waals surface area (Å²) in [5, 5.41) is 2.06. The number of carbonyl (C=O) groups excluding carboxylic acids is 5. The molecular weight excluding hydrogens is 667 g/mol. The molecule has 2 aromatic carbocycles. The van der Waals surface area contributed by atoms with E-state index < -0.39 is 35.5 Å². The first-order chi connectivity index (χ1) is 18.6. The molecule has 0 spiro atoms. The van der Waals surface area contributed by atoms with Crippen molar-refractivity contribution in [3.05, 3.63) is 55.0 Å². The standard InChI is InChI=1S/C25H22ClIN2O9S/c1-4-37-18-8-13(7-17(27)22(18)38-12-21(31)35-2)9-19-23(32)29(25(34)39-19)11-20(30)28-14-5-6-16(26)15(10-14)24(33)36-3/h5-10H,4,11-12H2,1-3H3,(H,28,30)/b19-9+. The number of thioether (sulfide) groups is 1. The van der Waals surface area contributed by atoms with Crippen molar-refractivity contribution >= 4 is 86.7 Å². The normalized spacial score (nSPS) is 13.9. The Morgan fingerprint density at radius 2 is 1.85 bits per heavy atom. The lowest BCUT2D eigenvalue weighted by atomic mass is 10.2. The molecule has 0 saturated carbocycles. The molecule has 0 radical (unpaired) electrons. The Balaban J connectivity index is 1.76. The molecule has 3 rings (SSSR count). The predicted molar refractivity (Wildman–Crippen MR) is 152 cm³/mol. The van der Waals surface area contributed by atoms with Crippen LogP contribution >= 0.6 is 46.0 Å². The van der Waals surface area contributed by atoms with E-state index in [0.29, 0.717) is 39.0 Å². The van der Waals surface area contributed by atoms with E-state index >= 15 is 0 Å². The van der Waals surface area contributed by atoms with Crippen LogP contribution in [0, 0.1) is 3.57 Å². The molecule has 0 bridgehead atoms. The Labute approximate surface area is 246 Å². The smallest absolute Gasteiger partial charge is 0.343 e. The van der Waals surface area contributed by atoms with E-state index in [4.69, 9.17) is 21.1 Å². The van der Waals surface area contributed by atoms with Crippen LogP contribution < -0.4 is 14.8 Å². The summed E-state index contributed by atoms with van der Waals surface area (Å²) in [6.45, 7) is 1.24. The van der Waals surface area contributed by atoms with Crippen LogP contribution in [-0.2, 0) is 23.9 Å². The maximum absolute atomic E-state index is 13.0. The summed E-state index contributed by atoms with van der Waals surface area (Å²) in [7, 11) is 2.45. The monoisotopic (exact) mass is 688 g/mol. The third-order valence-corrected chi connectivity index (χ3v) is 7.06. The minimum atomic E-state index is -0.683. The zero-order valence-electron chi connectivity index (χ0n) is 20.9. The Morgan fingerprint density at radius 1 is 1.10 bits per heavy atom. The highest BCUT2D eigenvalue weighted by Gasteiger charge is 2.36. The van der Waals surface area contributed by atoms with Crippen LogP contribution in [0.25, 0.3) is 6.08 Å². The van der Waals surface area contributed by atoms with Gasteiger partial charge in [0.2, 0.25) is 5.91 Å². The second-order valence-corrected chi connectivity index (χ2v) is 10.2. The van der Waals surface area contributed by atoms with Gasteiger partial charge in [0.25, 0.3) is 11.1 Å². The summed E-state index contributed by atoms with van der Waals surface area (Å²) in [4.78, 5) is 62.3. The van der Waals surface area contributed by atoms with Crippen molar-refractivity contribution in [2.75, 3.05) is 39.3 Å². The van der Waals surface area contributed by atoms with Crippen LogP contribution in [0.15, 0.2) is 35.2 Å². The van der Waals surface area contributed by atoms with Gasteiger partial charge in [-0.2, -0.15) is 0 Å². The summed E-state index contributed by atoms with van der Waals surface area (Å²) < 4.78 is 21.0. The lowest BCUT2D eigenvalue weighted by Crippen LogP contribution is -2.36. The summed E-state index contributed by atoms with van der Waals surface area (Å²) in [6.07, 6.45) is 1.50. The predicted octanol–water partition coefficient (Wildman–Crippen LogP) is 4.36. The van der Waals surface area contributed by atoms with Gasteiger partial charge in [0.1, 0.15) is 6.54 Å². The highest BCUT2D eigenvalue weighted by Crippen LogP contribution is 2.37. The molecule has 0 aliphatic carbocycles. The fourth-order valence-corrected chi connectivity index (χ4v) is 5.08. The molecule has 2 aromatic rings. The molecule has 206 valence electrons. The average molecular weight is 689 g/mol. The molecule has 1 N–H and O–H groups in total. The summed E-state index contributed by atoms with van der Waals surface area (Å²) in [5.74, 6) is -1.87. The number of benzene rings is 2. The van der Waals surface area contributed by atoms with Crippen molar-refractivity contribution in [2.45, 2.75) is 6.92 Å². The van der Waals surface area contributed by atoms with Gasteiger partial charge in [-0.25, -0.2) is 9.59 Å². The first-order valence-electron chi connectivity index (χ1n) is 11.2. The van der Waals surface area contributed by atoms with Crippen LogP contribution in [0.1, 0.15) is 22.8 Å². The summed E-state index contributed by atoms with van der Waals surface area (Å²) in [6, 6.07) is 7.51. The third kappa shape index (κ3) is 7.64. The van der Waals surface area contributed by atoms with Crippen molar-refractivity contribution in [3.8, 4) is 11.5 Å². The number of methoxy groups -OCH3 is 2. The average Bonchev–Trinajstić information content (AvgIpc) is 3.15. The Bertz CT molecular complexity index is 1370. The van der Waals surface area contributed by atoms with E-state index in [-0.39, 0.29) is 27.8 Å². The van der Waals surface area contributed by atoms with Gasteiger partial charge in [-0.15, -0.1) is 0 Å². The quantitative estimate of drug-likeness (QED) is 0.218. The number of anilines is 1. The van der Waals surface area contributed by atoms with Crippen LogP contribution in [0.3, 0.4) is 0 Å². The third-order valence-electron chi connectivity index (χ3n) is 5.02. The molecule has 0 unspecified atom stereocenters. The molecular formula is C25H22ClIN2O9S. The molecule has 3 amide bonds. The molecule has 1 saturated heterocycles. The van der Waals surface area contributed by atoms with Gasteiger partial charge in [0.05, 0.1) is 39.9 Å². The maximum atomic E-state index is 13.0. The van der Waals surface area contributed by atoms with Crippen LogP contribution in [0.5, 0.6) is 11.5 Å². The van der Waals surface area contributed by atoms with Crippen LogP contribution in [0.2, 0.25) is 5.02 Å². The highest BCUT2D eigenvalue weighted by molar-refractivity contribution is 14.1. The van der Waals surface area contributed by atoms with Crippen LogP contribution in [0.4, 0.5) is 10.5 Å². The number of rotatable bonds is 10. The zero-order valence-corrected chi connectivity index (χ0v) is 24.6. The number of hydrogen-bond donors (Lipinski definition) is 1. The lowest BCUT2D eigenvalue weighted by molar-refractivity contribution is -0.143. The molecule has 39 heavy (non-hydrogen) atoms. The molecule has 1 aliphatic rings. The van der Waals surface area contributed by atoms with E-state index in [0.717, 1.165) is 4.90 Å². The molecule has 11 nitrogen and oxygen atoms in total. The number of halogens is 2. The lowest BCUT2D eigenvalue weighted by Gasteiger charge is -2.14. The molecule has 0 aromatic heterocycles. The van der Waals surface area contributed by atoms with Gasteiger partial charge in [0.15, 0.2) is 18.1 Å². The number of nitrogens with zero attached hydrogens (tertiary/aromatic N) is 1. The topological polar surface area (TPSA) is 138 Å². The summed E-state index contributed by atoms with van der Waals surface area (Å²) >= 11 is 8.68. The SMILES string of the molecule is CCOc1cc(/C=C2/SC(=O)N(CC(=O)Nc3ccc(Cl)c(C(=O)OC)c3)C2=O)cc(I)c1OCC(=O)OC. The van der Waals surface area contributed by atoms with Gasteiger partial charge < -0.3 is 24.3 Å². The zero-order chi connectivity index (χ0) is 28.7. The first-order valence-corrected chi connectivity index (χ1v) is 13.4. The maximum Gasteiger partial charge on any atom is 0.343 e. The number of hydrogen-bond acceptors (Lipinski definition) is 10. The van der Waals surface area contributed by atoms with E-state index in [9.17, 15) is 24.0 Å². The van der Waals surface area contributed by atoms with E-state index in [1.54, 1.807) is 19.1 Å². The molecule has 14 heteroatoms. The summed E-state index contributed by atoms with van der Waals surface area (Å²) in [5.41, 5.74) is 0.827. The van der Waals surface area contributed by atoms with E-state index in [2.05, 4.69) is 14.8 Å². The van der Waals surface area contributed by atoms with Crippen LogP contribution in [-0.4, -0.2) is 67.9 Å². The Kier molecular flexibility index (Phi) is 10.6. The van der Waals surface area contributed by atoms with Gasteiger partial charge in [0, 0.05) is 5.69 Å². The number of ether oxygens (including phenoxy) is 4. The number of esters is 2. The van der Waals surface area contributed by atoms with Crippen molar-refractivity contribution in [2.24, 2.45) is 0 Å². The highest BCUT2D eigenvalue weighted by atomic mass is 127. The Hall–Kier alpha value is -3.30. The van der Waals surface area contributed by atoms with Crippen molar-refractivity contribution in [1.82, 2.24) is 4.90 Å². The van der Waals surface area contributed by atoms with Gasteiger partial charge in [-0.3, -0.25) is 19.3 Å². The Morgan fingerprint density at radius 3 is 2.51 bits per heavy atom. The molecule has 1 fully saturated rings. The van der Waals surface area contributed by atoms with Gasteiger partial charge >= 0.3 is 11.9 Å². The minimum absolute atomic E-state index is 0.0498. The van der Waals surface area contributed by atoms with Crippen molar-refractivity contribution < 1.29 is 42.9 Å². The number of nitrogens with one attached hydrogen (secondary N) is 1. The first kappa shape index (κ1) is 30.2. The van der Waals surface area contributed by atoms with Gasteiger partial charge in [-0.05, 0) is 83.2 Å². The second kappa shape index (κ2) is 13.7. The second-order valence-electron chi connectivity index (χ2n) is 7.63. The molecule has 1 heterocycles. The van der Waals surface area contributed by atoms with Crippen molar-refractivity contribution in [1.29, 1.82) is 0 Å². The number of imide groups is 1. The number of amides is 3. The number of carbonyl (C=O) groups is 5. The fourth-order valence-electron chi connectivity index (χ4n) is 3.27. The minimum Gasteiger partial charge on any atom is -0.490 e. The van der Waals surface area contributed by atoms with Gasteiger partial charge in [-0.1, -0.05) is 11.6 Å². The molecule has 1 aliphatic heterocycles. The fraction of sp³-hybridized carbons (Fsp3) is 0.240. The van der Waals surface area contributed by atoms with E-state index in [1.807, 2.05) is 22.6 Å². The largest absolute Gasteiger partial charge is 0.490 e. The van der Waals surface area contributed by atoms with E-state index in [1.165, 1.54) is 38.5 Å².